The fourth-order valence-corrected chi connectivity index (χ4v) is 4.06. The van der Waals surface area contributed by atoms with Gasteiger partial charge in [0, 0.05) is 18.4 Å². The SMILES string of the molecule is C=CC1=C(/C=C\C)C(CC(=O)CC2CCCCC2)n2cncc21. The lowest BCUT2D eigenvalue weighted by Crippen LogP contribution is -2.17. The molecule has 1 unspecified atom stereocenters. The van der Waals surface area contributed by atoms with Crippen LogP contribution in [0.15, 0.2) is 42.9 Å². The number of nitrogens with zero attached hydrogens (tertiary/aromatic N) is 2. The lowest BCUT2D eigenvalue weighted by Gasteiger charge is -2.22. The number of carbonyl (C=O) groups is 1. The Morgan fingerprint density at radius 3 is 2.83 bits per heavy atom. The molecule has 1 atom stereocenters. The predicted molar refractivity (Wildman–Crippen MR) is 94.0 cm³/mol. The van der Waals surface area contributed by atoms with Gasteiger partial charge in [0.1, 0.15) is 5.78 Å². The van der Waals surface area contributed by atoms with Crippen molar-refractivity contribution >= 4 is 11.4 Å². The minimum Gasteiger partial charge on any atom is -0.323 e. The van der Waals surface area contributed by atoms with Gasteiger partial charge >= 0.3 is 0 Å². The van der Waals surface area contributed by atoms with Gasteiger partial charge < -0.3 is 4.57 Å². The molecule has 2 heterocycles. The molecule has 0 N–H and O–H groups in total. The van der Waals surface area contributed by atoms with E-state index in [4.69, 9.17) is 0 Å². The topological polar surface area (TPSA) is 34.9 Å². The maximum atomic E-state index is 12.6. The number of imidazole rings is 1. The highest BCUT2D eigenvalue weighted by Gasteiger charge is 2.30. The summed E-state index contributed by atoms with van der Waals surface area (Å²) in [5, 5.41) is 0. The molecule has 122 valence electrons. The highest BCUT2D eigenvalue weighted by atomic mass is 16.1. The summed E-state index contributed by atoms with van der Waals surface area (Å²) in [6, 6.07) is 0.0767. The second-order valence-electron chi connectivity index (χ2n) is 6.73. The Bertz CT molecular complexity index is 644. The number of rotatable bonds is 6. The van der Waals surface area contributed by atoms with Crippen LogP contribution in [-0.2, 0) is 4.79 Å². The second-order valence-corrected chi connectivity index (χ2v) is 6.73. The molecule has 3 nitrogen and oxygen atoms in total. The van der Waals surface area contributed by atoms with Gasteiger partial charge in [0.2, 0.25) is 0 Å². The molecule has 3 heteroatoms. The number of carbonyl (C=O) groups excluding carboxylic acids is 1. The number of hydrogen-bond acceptors (Lipinski definition) is 2. The van der Waals surface area contributed by atoms with Crippen LogP contribution in [0.3, 0.4) is 0 Å². The molecule has 0 saturated heterocycles. The van der Waals surface area contributed by atoms with Gasteiger partial charge in [0.05, 0.1) is 24.3 Å². The monoisotopic (exact) mass is 310 g/mol. The first-order valence-corrected chi connectivity index (χ1v) is 8.77. The van der Waals surface area contributed by atoms with Crippen LogP contribution in [0.25, 0.3) is 5.57 Å². The average molecular weight is 310 g/mol. The Hall–Kier alpha value is -1.90. The summed E-state index contributed by atoms with van der Waals surface area (Å²) in [5.41, 5.74) is 3.37. The Balaban J connectivity index is 1.76. The summed E-state index contributed by atoms with van der Waals surface area (Å²) < 4.78 is 2.13. The molecule has 3 rings (SSSR count). The van der Waals surface area contributed by atoms with E-state index in [1.165, 1.54) is 37.7 Å². The van der Waals surface area contributed by atoms with E-state index in [1.54, 1.807) is 0 Å². The van der Waals surface area contributed by atoms with Gasteiger partial charge in [-0.05, 0) is 18.4 Å². The third-order valence-corrected chi connectivity index (χ3v) is 5.16. The summed E-state index contributed by atoms with van der Waals surface area (Å²) in [5.74, 6) is 0.988. The molecule has 1 aromatic heterocycles. The lowest BCUT2D eigenvalue weighted by atomic mass is 9.84. The summed E-state index contributed by atoms with van der Waals surface area (Å²) in [6.07, 6.45) is 17.4. The van der Waals surface area contributed by atoms with Crippen molar-refractivity contribution in [3.8, 4) is 0 Å². The molecule has 0 radical (unpaired) electrons. The molecule has 1 fully saturated rings. The van der Waals surface area contributed by atoms with Crippen molar-refractivity contribution in [2.75, 3.05) is 0 Å². The van der Waals surface area contributed by atoms with Gasteiger partial charge in [-0.2, -0.15) is 0 Å². The van der Waals surface area contributed by atoms with Crippen LogP contribution >= 0.6 is 0 Å². The van der Waals surface area contributed by atoms with Gasteiger partial charge in [-0.1, -0.05) is 56.9 Å². The van der Waals surface area contributed by atoms with E-state index < -0.39 is 0 Å². The van der Waals surface area contributed by atoms with E-state index >= 15 is 0 Å². The van der Waals surface area contributed by atoms with Crippen LogP contribution in [-0.4, -0.2) is 15.3 Å². The fraction of sp³-hybridized carbons (Fsp3) is 0.500. The number of ketones is 1. The molecule has 0 spiro atoms. The van der Waals surface area contributed by atoms with Crippen molar-refractivity contribution < 1.29 is 4.79 Å². The quantitative estimate of drug-likeness (QED) is 0.750. The number of allylic oxidation sites excluding steroid dienone is 5. The molecular formula is C20H26N2O. The largest absolute Gasteiger partial charge is 0.323 e. The zero-order valence-corrected chi connectivity index (χ0v) is 14.0. The van der Waals surface area contributed by atoms with E-state index in [2.05, 4.69) is 22.2 Å². The lowest BCUT2D eigenvalue weighted by molar-refractivity contribution is -0.120. The summed E-state index contributed by atoms with van der Waals surface area (Å²) in [7, 11) is 0. The molecule has 1 aliphatic carbocycles. The van der Waals surface area contributed by atoms with Crippen molar-refractivity contribution in [3.63, 3.8) is 0 Å². The van der Waals surface area contributed by atoms with Crippen LogP contribution in [0.1, 0.15) is 63.6 Å². The summed E-state index contributed by atoms with van der Waals surface area (Å²) >= 11 is 0. The van der Waals surface area contributed by atoms with Crippen molar-refractivity contribution in [2.45, 2.75) is 57.9 Å². The van der Waals surface area contributed by atoms with E-state index in [0.717, 1.165) is 17.7 Å². The van der Waals surface area contributed by atoms with E-state index in [9.17, 15) is 4.79 Å². The highest BCUT2D eigenvalue weighted by Crippen LogP contribution is 2.40. The van der Waals surface area contributed by atoms with E-state index in [-0.39, 0.29) is 6.04 Å². The van der Waals surface area contributed by atoms with Crippen molar-refractivity contribution in [1.82, 2.24) is 9.55 Å². The standard InChI is InChI=1S/C20H26N2O/c1-3-8-18-17(4-2)20-13-21-14-22(20)19(18)12-16(23)11-15-9-6-5-7-10-15/h3-4,8,13-15,19H,2,5-7,9-12H2,1H3/b8-3-. The van der Waals surface area contributed by atoms with Crippen LogP contribution in [0.2, 0.25) is 0 Å². The second kappa shape index (κ2) is 7.12. The summed E-state index contributed by atoms with van der Waals surface area (Å²) in [6.45, 7) is 5.96. The maximum absolute atomic E-state index is 12.6. The summed E-state index contributed by atoms with van der Waals surface area (Å²) in [4.78, 5) is 16.9. The van der Waals surface area contributed by atoms with E-state index in [1.807, 2.05) is 31.6 Å². The van der Waals surface area contributed by atoms with Gasteiger partial charge in [0.15, 0.2) is 0 Å². The molecule has 2 aliphatic rings. The number of fused-ring (bicyclic) bond motifs is 1. The van der Waals surface area contributed by atoms with Crippen LogP contribution in [0, 0.1) is 5.92 Å². The smallest absolute Gasteiger partial charge is 0.135 e. The molecule has 1 saturated carbocycles. The first-order chi connectivity index (χ1) is 11.2. The Morgan fingerprint density at radius 2 is 2.13 bits per heavy atom. The average Bonchev–Trinajstić information content (AvgIpc) is 3.11. The predicted octanol–water partition coefficient (Wildman–Crippen LogP) is 4.88. The highest BCUT2D eigenvalue weighted by molar-refractivity contribution is 5.84. The third-order valence-electron chi connectivity index (χ3n) is 5.16. The Morgan fingerprint density at radius 1 is 1.35 bits per heavy atom. The molecule has 1 aromatic rings. The van der Waals surface area contributed by atoms with Crippen LogP contribution < -0.4 is 0 Å². The van der Waals surface area contributed by atoms with Gasteiger partial charge in [0.25, 0.3) is 0 Å². The Labute approximate surface area is 138 Å². The Kier molecular flexibility index (Phi) is 4.94. The van der Waals surface area contributed by atoms with Crippen LogP contribution in [0.4, 0.5) is 0 Å². The van der Waals surface area contributed by atoms with Crippen molar-refractivity contribution in [3.05, 3.63) is 48.6 Å². The molecule has 0 amide bonds. The molecule has 0 aromatic carbocycles. The fourth-order valence-electron chi connectivity index (χ4n) is 4.06. The van der Waals surface area contributed by atoms with Crippen molar-refractivity contribution in [2.24, 2.45) is 5.92 Å². The molecule has 0 bridgehead atoms. The zero-order valence-electron chi connectivity index (χ0n) is 14.0. The zero-order chi connectivity index (χ0) is 16.2. The number of aromatic nitrogens is 2. The molecular weight excluding hydrogens is 284 g/mol. The van der Waals surface area contributed by atoms with Crippen molar-refractivity contribution in [1.29, 1.82) is 0 Å². The van der Waals surface area contributed by atoms with Gasteiger partial charge in [-0.15, -0.1) is 0 Å². The molecule has 23 heavy (non-hydrogen) atoms. The minimum atomic E-state index is 0.0767. The maximum Gasteiger partial charge on any atom is 0.135 e. The van der Waals surface area contributed by atoms with Gasteiger partial charge in [-0.3, -0.25) is 4.79 Å². The minimum absolute atomic E-state index is 0.0767. The molecule has 1 aliphatic heterocycles. The van der Waals surface area contributed by atoms with Gasteiger partial charge in [-0.25, -0.2) is 4.98 Å². The third kappa shape index (κ3) is 3.24. The number of Topliss-reactive ketones (excluding diaryl/α,β-unsaturated/α-hetero) is 1. The van der Waals surface area contributed by atoms with Crippen LogP contribution in [0.5, 0.6) is 0 Å². The first kappa shape index (κ1) is 16.0. The normalized spacial score (nSPS) is 21.9. The number of hydrogen-bond donors (Lipinski definition) is 0. The first-order valence-electron chi connectivity index (χ1n) is 8.77. The van der Waals surface area contributed by atoms with E-state index in [0.29, 0.717) is 18.1 Å².